The first-order chi connectivity index (χ1) is 12.2. The number of fused-ring (bicyclic) bond motifs is 1. The van der Waals surface area contributed by atoms with Crippen LogP contribution in [-0.2, 0) is 0 Å². The van der Waals surface area contributed by atoms with Crippen LogP contribution in [0.5, 0.6) is 0 Å². The van der Waals surface area contributed by atoms with Crippen molar-refractivity contribution >= 4 is 69.0 Å². The van der Waals surface area contributed by atoms with Crippen molar-refractivity contribution in [3.63, 3.8) is 0 Å². The number of benzene rings is 1. The van der Waals surface area contributed by atoms with Crippen molar-refractivity contribution in [2.24, 2.45) is 4.99 Å². The molecule has 0 saturated heterocycles. The van der Waals surface area contributed by atoms with E-state index < -0.39 is 0 Å². The quantitative estimate of drug-likeness (QED) is 0.380. The molecule has 0 bridgehead atoms. The van der Waals surface area contributed by atoms with Gasteiger partial charge in [0, 0.05) is 23.6 Å². The van der Waals surface area contributed by atoms with E-state index in [1.54, 1.807) is 11.3 Å². The number of hydrogen-bond acceptors (Lipinski definition) is 5. The summed E-state index contributed by atoms with van der Waals surface area (Å²) in [6.45, 7) is 0.876. The van der Waals surface area contributed by atoms with E-state index in [9.17, 15) is 0 Å². The molecular formula is C18H20ClN3S3. The van der Waals surface area contributed by atoms with Crippen molar-refractivity contribution in [1.29, 1.82) is 0 Å². The van der Waals surface area contributed by atoms with Gasteiger partial charge in [-0.25, -0.2) is 0 Å². The van der Waals surface area contributed by atoms with E-state index in [1.165, 1.54) is 5.39 Å². The van der Waals surface area contributed by atoms with Crippen LogP contribution in [0.3, 0.4) is 0 Å². The number of aliphatic imine (C=N–C) groups is 1. The van der Waals surface area contributed by atoms with Gasteiger partial charge in [-0.15, -0.1) is 35.6 Å². The second-order valence-electron chi connectivity index (χ2n) is 5.52. The van der Waals surface area contributed by atoms with Crippen molar-refractivity contribution in [1.82, 2.24) is 4.98 Å². The molecule has 1 aliphatic rings. The third-order valence-corrected chi connectivity index (χ3v) is 6.45. The molecule has 0 spiro atoms. The summed E-state index contributed by atoms with van der Waals surface area (Å²) >= 11 is 13.3. The van der Waals surface area contributed by atoms with Crippen LogP contribution >= 0.6 is 47.3 Å². The Labute approximate surface area is 166 Å². The van der Waals surface area contributed by atoms with Crippen LogP contribution in [0.4, 0.5) is 5.69 Å². The second-order valence-corrected chi connectivity index (χ2v) is 8.92. The van der Waals surface area contributed by atoms with E-state index in [4.69, 9.17) is 11.6 Å². The van der Waals surface area contributed by atoms with Gasteiger partial charge < -0.3 is 10.3 Å². The fourth-order valence-electron chi connectivity index (χ4n) is 2.59. The number of aromatic nitrogens is 1. The number of nitrogens with one attached hydrogen (secondary N) is 2. The Morgan fingerprint density at radius 1 is 1.36 bits per heavy atom. The molecule has 0 saturated carbocycles. The zero-order chi connectivity index (χ0) is 17.6. The Bertz CT molecular complexity index is 843. The van der Waals surface area contributed by atoms with Gasteiger partial charge in [-0.3, -0.25) is 4.99 Å². The van der Waals surface area contributed by atoms with E-state index >= 15 is 0 Å². The minimum absolute atomic E-state index is 0.530. The van der Waals surface area contributed by atoms with Crippen molar-refractivity contribution in [2.75, 3.05) is 24.8 Å². The molecule has 4 rings (SSSR count). The van der Waals surface area contributed by atoms with Gasteiger partial charge in [0.2, 0.25) is 0 Å². The highest BCUT2D eigenvalue weighted by Crippen LogP contribution is 2.31. The average molecular weight is 410 g/mol. The summed E-state index contributed by atoms with van der Waals surface area (Å²) < 4.78 is 1.08. The second kappa shape index (κ2) is 9.03. The van der Waals surface area contributed by atoms with Crippen LogP contribution in [-0.4, -0.2) is 34.8 Å². The van der Waals surface area contributed by atoms with Crippen LogP contribution in [0.15, 0.2) is 51.0 Å². The highest BCUT2D eigenvalue weighted by molar-refractivity contribution is 8.15. The normalized spacial score (nSPS) is 16.4. The third-order valence-electron chi connectivity index (χ3n) is 3.81. The number of halogens is 1. The number of thiophene rings is 1. The molecule has 0 radical (unpaired) electrons. The van der Waals surface area contributed by atoms with Crippen LogP contribution in [0.1, 0.15) is 12.1 Å². The maximum atomic E-state index is 5.80. The molecule has 2 N–H and O–H groups in total. The summed E-state index contributed by atoms with van der Waals surface area (Å²) in [5.74, 6) is 0.705. The Hall–Kier alpha value is -1.08. The highest BCUT2D eigenvalue weighted by atomic mass is 35.5. The molecule has 0 aliphatic carbocycles. The van der Waals surface area contributed by atoms with Gasteiger partial charge in [0.05, 0.1) is 27.7 Å². The molecule has 3 heterocycles. The summed E-state index contributed by atoms with van der Waals surface area (Å²) in [6.07, 6.45) is 1.02. The molecule has 3 aromatic rings. The molecule has 0 fully saturated rings. The Morgan fingerprint density at radius 2 is 2.24 bits per heavy atom. The average Bonchev–Trinajstić information content (AvgIpc) is 3.35. The number of rotatable bonds is 4. The zero-order valence-electron chi connectivity index (χ0n) is 13.8. The number of thioether (sulfide) groups is 1. The van der Waals surface area contributed by atoms with Crippen LogP contribution in [0, 0.1) is 0 Å². The fraction of sp³-hybridized carbons (Fsp3) is 0.278. The molecule has 1 unspecified atom stereocenters. The van der Waals surface area contributed by atoms with Gasteiger partial charge in [-0.1, -0.05) is 30.0 Å². The van der Waals surface area contributed by atoms with E-state index in [1.807, 2.05) is 36.3 Å². The van der Waals surface area contributed by atoms with Gasteiger partial charge >= 0.3 is 0 Å². The number of nitrogens with zero attached hydrogens (tertiary/aromatic N) is 1. The predicted molar refractivity (Wildman–Crippen MR) is 118 cm³/mol. The number of anilines is 1. The van der Waals surface area contributed by atoms with E-state index in [2.05, 4.69) is 52.2 Å². The SMILES string of the molecule is CNc1cccc2cc(C3=NCC(CCCl)S3)[nH]c12.Sc1cccs1. The first kappa shape index (κ1) is 18.7. The molecule has 132 valence electrons. The number of thiol groups is 1. The fourth-order valence-corrected chi connectivity index (χ4v) is 4.79. The van der Waals surface area contributed by atoms with Gasteiger partial charge in [0.1, 0.15) is 5.04 Å². The largest absolute Gasteiger partial charge is 0.386 e. The summed E-state index contributed by atoms with van der Waals surface area (Å²) in [6, 6.07) is 12.4. The summed E-state index contributed by atoms with van der Waals surface area (Å²) in [4.78, 5) is 8.10. The van der Waals surface area contributed by atoms with Crippen molar-refractivity contribution in [3.8, 4) is 0 Å². The molecule has 25 heavy (non-hydrogen) atoms. The Kier molecular flexibility index (Phi) is 6.76. The number of para-hydroxylation sites is 1. The first-order valence-corrected chi connectivity index (χ1v) is 10.7. The summed E-state index contributed by atoms with van der Waals surface area (Å²) in [7, 11) is 1.94. The molecule has 0 amide bonds. The number of hydrogen-bond donors (Lipinski definition) is 3. The lowest BCUT2D eigenvalue weighted by Crippen LogP contribution is -2.03. The lowest BCUT2D eigenvalue weighted by molar-refractivity contribution is 0.848. The Morgan fingerprint density at radius 3 is 2.88 bits per heavy atom. The smallest absolute Gasteiger partial charge is 0.114 e. The van der Waals surface area contributed by atoms with E-state index in [0.717, 1.165) is 39.1 Å². The monoisotopic (exact) mass is 409 g/mol. The minimum Gasteiger partial charge on any atom is -0.386 e. The number of H-pyrrole nitrogens is 1. The topological polar surface area (TPSA) is 40.2 Å². The van der Waals surface area contributed by atoms with Crippen molar-refractivity contribution < 1.29 is 0 Å². The molecule has 1 aromatic carbocycles. The lowest BCUT2D eigenvalue weighted by Gasteiger charge is -2.03. The van der Waals surface area contributed by atoms with Crippen LogP contribution in [0.2, 0.25) is 0 Å². The molecule has 1 aliphatic heterocycles. The molecule has 1 atom stereocenters. The van der Waals surface area contributed by atoms with Crippen molar-refractivity contribution in [3.05, 3.63) is 47.5 Å². The molecule has 7 heteroatoms. The molecule has 3 nitrogen and oxygen atoms in total. The van der Waals surface area contributed by atoms with Gasteiger partial charge in [-0.05, 0) is 30.0 Å². The lowest BCUT2D eigenvalue weighted by atomic mass is 10.2. The zero-order valence-corrected chi connectivity index (χ0v) is 17.1. The summed E-state index contributed by atoms with van der Waals surface area (Å²) in [5.41, 5.74) is 3.37. The number of alkyl halides is 1. The van der Waals surface area contributed by atoms with Gasteiger partial charge in [0.25, 0.3) is 0 Å². The third kappa shape index (κ3) is 4.76. The number of aromatic amines is 1. The standard InChI is InChI=1S/C14H16ClN3S.C4H4S2/c1-16-11-4-2-3-9-7-12(18-13(9)11)14-17-8-10(19-14)5-6-15;5-4-2-1-3-6-4/h2-4,7,10,16,18H,5-6,8H2,1H3;1-3,5H. The van der Waals surface area contributed by atoms with Crippen LogP contribution in [0.25, 0.3) is 10.9 Å². The maximum absolute atomic E-state index is 5.80. The van der Waals surface area contributed by atoms with Crippen molar-refractivity contribution in [2.45, 2.75) is 15.9 Å². The van der Waals surface area contributed by atoms with Gasteiger partial charge in [0.15, 0.2) is 0 Å². The Balaban J connectivity index is 0.000000258. The van der Waals surface area contributed by atoms with Crippen LogP contribution < -0.4 is 5.32 Å². The van der Waals surface area contributed by atoms with E-state index in [0.29, 0.717) is 11.1 Å². The maximum Gasteiger partial charge on any atom is 0.114 e. The first-order valence-electron chi connectivity index (χ1n) is 8.00. The van der Waals surface area contributed by atoms with E-state index in [-0.39, 0.29) is 0 Å². The predicted octanol–water partition coefficient (Wildman–Crippen LogP) is 5.74. The van der Waals surface area contributed by atoms with Gasteiger partial charge in [-0.2, -0.15) is 0 Å². The minimum atomic E-state index is 0.530. The highest BCUT2D eigenvalue weighted by Gasteiger charge is 2.21. The molecular weight excluding hydrogens is 390 g/mol. The summed E-state index contributed by atoms with van der Waals surface area (Å²) in [5, 5.41) is 8.06. The molecule has 2 aromatic heterocycles.